The van der Waals surface area contributed by atoms with Crippen LogP contribution < -0.4 is 10.6 Å². The van der Waals surface area contributed by atoms with E-state index < -0.39 is 25.1 Å². The predicted octanol–water partition coefficient (Wildman–Crippen LogP) is 4.05. The number of amides is 1. The molecule has 3 N–H and O–H groups in total. The van der Waals surface area contributed by atoms with E-state index in [1.165, 1.54) is 18.1 Å². The highest BCUT2D eigenvalue weighted by molar-refractivity contribution is 8.14. The average Bonchev–Trinajstić information content (AvgIpc) is 3.31. The lowest BCUT2D eigenvalue weighted by molar-refractivity contribution is -0.136. The summed E-state index contributed by atoms with van der Waals surface area (Å²) in [6, 6.07) is 5.72. The van der Waals surface area contributed by atoms with E-state index in [2.05, 4.69) is 25.6 Å². The molecule has 5 rings (SSSR count). The summed E-state index contributed by atoms with van der Waals surface area (Å²) in [7, 11) is 0. The van der Waals surface area contributed by atoms with Crippen LogP contribution in [0.2, 0.25) is 0 Å². The fourth-order valence-corrected chi connectivity index (χ4v) is 5.29. The first-order chi connectivity index (χ1) is 15.8. The van der Waals surface area contributed by atoms with E-state index in [0.29, 0.717) is 37.1 Å². The van der Waals surface area contributed by atoms with Crippen molar-refractivity contribution in [3.63, 3.8) is 0 Å². The minimum atomic E-state index is -4.30. The normalized spacial score (nSPS) is 17.7. The van der Waals surface area contributed by atoms with Gasteiger partial charge >= 0.3 is 6.18 Å². The average molecular weight is 475 g/mol. The Labute approximate surface area is 190 Å². The van der Waals surface area contributed by atoms with Gasteiger partial charge in [0, 0.05) is 35.2 Å². The number of thioether (sulfide) groups is 1. The molecule has 3 aromatic rings. The Bertz CT molecular complexity index is 1260. The van der Waals surface area contributed by atoms with Gasteiger partial charge in [-0.3, -0.25) is 9.59 Å². The van der Waals surface area contributed by atoms with Gasteiger partial charge in [0.2, 0.25) is 5.91 Å². The molecule has 1 atom stereocenters. The van der Waals surface area contributed by atoms with Crippen molar-refractivity contribution in [2.24, 2.45) is 5.92 Å². The highest BCUT2D eigenvalue weighted by atomic mass is 32.2. The van der Waals surface area contributed by atoms with Gasteiger partial charge in [0.05, 0.1) is 11.8 Å². The highest BCUT2D eigenvalue weighted by Gasteiger charge is 2.31. The molecular weight excluding hydrogens is 455 g/mol. The topological polar surface area (TPSA) is 99.8 Å². The number of fused-ring (bicyclic) bond motifs is 4. The number of alkyl halides is 3. The Hall–Kier alpha value is -3.08. The first-order valence-electron chi connectivity index (χ1n) is 10.6. The first-order valence-corrected chi connectivity index (χ1v) is 11.4. The van der Waals surface area contributed by atoms with Crippen molar-refractivity contribution in [3.05, 3.63) is 41.3 Å². The number of nitrogens with zero attached hydrogens (tertiary/aromatic N) is 2. The van der Waals surface area contributed by atoms with Crippen molar-refractivity contribution in [3.8, 4) is 0 Å². The van der Waals surface area contributed by atoms with E-state index >= 15 is 0 Å². The Kier molecular flexibility index (Phi) is 5.51. The van der Waals surface area contributed by atoms with Crippen LogP contribution in [0.5, 0.6) is 0 Å². The van der Waals surface area contributed by atoms with Crippen LogP contribution in [-0.2, 0) is 28.9 Å². The molecule has 0 fully saturated rings. The zero-order valence-corrected chi connectivity index (χ0v) is 18.2. The standard InChI is InChI=1S/C22H20F3N5O2S/c23-22(24,25)5-6-26-21(32)12-2-4-15-14(7-12)18-19(27-10-28-20(18)30-15)29-13-3-1-11-8-17(31)33-16(11)9-13/h1,3,9-10,12H,2,4-8H2,(H,26,32)(H2,27,28,29,30). The number of hydrogen-bond acceptors (Lipinski definition) is 6. The summed E-state index contributed by atoms with van der Waals surface area (Å²) in [4.78, 5) is 37.1. The molecule has 1 aliphatic carbocycles. The lowest BCUT2D eigenvalue weighted by atomic mass is 9.86. The van der Waals surface area contributed by atoms with Crippen LogP contribution in [0.15, 0.2) is 29.4 Å². The van der Waals surface area contributed by atoms with Gasteiger partial charge in [-0.25, -0.2) is 9.97 Å². The fourth-order valence-electron chi connectivity index (χ4n) is 4.36. The number of aryl methyl sites for hydroxylation is 1. The number of benzene rings is 1. The van der Waals surface area contributed by atoms with Crippen molar-refractivity contribution < 1.29 is 22.8 Å². The van der Waals surface area contributed by atoms with E-state index in [0.717, 1.165) is 32.8 Å². The lowest BCUT2D eigenvalue weighted by Gasteiger charge is -2.22. The quantitative estimate of drug-likeness (QED) is 0.515. The van der Waals surface area contributed by atoms with Crippen LogP contribution in [0, 0.1) is 5.92 Å². The van der Waals surface area contributed by atoms with Gasteiger partial charge in [0.15, 0.2) is 5.12 Å². The molecule has 2 aliphatic rings. The number of carbonyl (C=O) groups is 2. The Morgan fingerprint density at radius 1 is 1.27 bits per heavy atom. The van der Waals surface area contributed by atoms with Crippen LogP contribution >= 0.6 is 11.8 Å². The molecule has 0 bridgehead atoms. The van der Waals surface area contributed by atoms with Crippen molar-refractivity contribution in [1.29, 1.82) is 0 Å². The number of carbonyl (C=O) groups excluding carboxylic acids is 2. The minimum absolute atomic E-state index is 0.117. The zero-order chi connectivity index (χ0) is 23.2. The maximum Gasteiger partial charge on any atom is 0.390 e. The second-order valence-electron chi connectivity index (χ2n) is 8.22. The molecule has 0 spiro atoms. The minimum Gasteiger partial charge on any atom is -0.356 e. The van der Waals surface area contributed by atoms with Crippen molar-refractivity contribution in [1.82, 2.24) is 20.3 Å². The molecule has 1 aliphatic heterocycles. The Morgan fingerprint density at radius 3 is 2.94 bits per heavy atom. The summed E-state index contributed by atoms with van der Waals surface area (Å²) in [6.45, 7) is -0.422. The van der Waals surface area contributed by atoms with Gasteiger partial charge < -0.3 is 15.6 Å². The van der Waals surface area contributed by atoms with Crippen LogP contribution in [0.25, 0.3) is 11.0 Å². The smallest absolute Gasteiger partial charge is 0.356 e. The maximum absolute atomic E-state index is 12.5. The summed E-state index contributed by atoms with van der Waals surface area (Å²) in [6.07, 6.45) is -1.94. The molecule has 3 heterocycles. The number of nitrogens with one attached hydrogen (secondary N) is 3. The van der Waals surface area contributed by atoms with Crippen molar-refractivity contribution >= 4 is 45.3 Å². The van der Waals surface area contributed by atoms with E-state index in [4.69, 9.17) is 0 Å². The van der Waals surface area contributed by atoms with Gasteiger partial charge in [-0.05, 0) is 42.5 Å². The fraction of sp³-hybridized carbons (Fsp3) is 0.364. The third-order valence-electron chi connectivity index (χ3n) is 5.94. The van der Waals surface area contributed by atoms with Crippen LogP contribution in [-0.4, -0.2) is 38.7 Å². The summed E-state index contributed by atoms with van der Waals surface area (Å²) < 4.78 is 37.2. The Morgan fingerprint density at radius 2 is 2.12 bits per heavy atom. The number of aromatic amines is 1. The monoisotopic (exact) mass is 475 g/mol. The van der Waals surface area contributed by atoms with Gasteiger partial charge in [0.25, 0.3) is 0 Å². The molecule has 0 saturated carbocycles. The van der Waals surface area contributed by atoms with Crippen LogP contribution in [0.1, 0.15) is 29.7 Å². The maximum atomic E-state index is 12.5. The van der Waals surface area contributed by atoms with Gasteiger partial charge in [-0.15, -0.1) is 0 Å². The number of rotatable bonds is 5. The van der Waals surface area contributed by atoms with Crippen molar-refractivity contribution in [2.45, 2.75) is 43.2 Å². The van der Waals surface area contributed by atoms with Gasteiger partial charge in [0.1, 0.15) is 17.8 Å². The molecule has 0 radical (unpaired) electrons. The second-order valence-corrected chi connectivity index (χ2v) is 9.32. The molecule has 1 amide bonds. The molecule has 7 nitrogen and oxygen atoms in total. The molecule has 0 saturated heterocycles. The molecule has 33 heavy (non-hydrogen) atoms. The number of anilines is 2. The number of hydrogen-bond donors (Lipinski definition) is 3. The molecule has 2 aromatic heterocycles. The molecule has 11 heteroatoms. The van der Waals surface area contributed by atoms with E-state index in [1.54, 1.807) is 0 Å². The number of H-pyrrole nitrogens is 1. The van der Waals surface area contributed by atoms with E-state index in [9.17, 15) is 22.8 Å². The summed E-state index contributed by atoms with van der Waals surface area (Å²) >= 11 is 1.22. The first kappa shape index (κ1) is 21.7. The molecular formula is C22H20F3N5O2S. The lowest BCUT2D eigenvalue weighted by Crippen LogP contribution is -2.35. The van der Waals surface area contributed by atoms with Crippen molar-refractivity contribution in [2.75, 3.05) is 11.9 Å². The van der Waals surface area contributed by atoms with Gasteiger partial charge in [-0.1, -0.05) is 17.8 Å². The largest absolute Gasteiger partial charge is 0.390 e. The second kappa shape index (κ2) is 8.36. The predicted molar refractivity (Wildman–Crippen MR) is 117 cm³/mol. The van der Waals surface area contributed by atoms with E-state index in [-0.39, 0.29) is 11.0 Å². The van der Waals surface area contributed by atoms with E-state index in [1.807, 2.05) is 18.2 Å². The molecule has 1 unspecified atom stereocenters. The SMILES string of the molecule is O=C1Cc2ccc(Nc3ncnc4[nH]c5c(c34)CC(C(=O)NCCC(F)(F)F)CC5)cc2S1. The molecule has 172 valence electrons. The van der Waals surface area contributed by atoms with Crippen LogP contribution in [0.3, 0.4) is 0 Å². The Balaban J connectivity index is 1.38. The summed E-state index contributed by atoms with van der Waals surface area (Å²) in [5, 5.41) is 6.60. The number of halogens is 3. The summed E-state index contributed by atoms with van der Waals surface area (Å²) in [5.74, 6) is -0.212. The third kappa shape index (κ3) is 4.54. The zero-order valence-electron chi connectivity index (χ0n) is 17.4. The van der Waals surface area contributed by atoms with Gasteiger partial charge in [-0.2, -0.15) is 13.2 Å². The number of aromatic nitrogens is 3. The van der Waals surface area contributed by atoms with Crippen LogP contribution in [0.4, 0.5) is 24.7 Å². The third-order valence-corrected chi connectivity index (χ3v) is 6.91. The molecule has 1 aromatic carbocycles. The highest BCUT2D eigenvalue weighted by Crippen LogP contribution is 2.38. The summed E-state index contributed by atoms with van der Waals surface area (Å²) in [5.41, 5.74) is 4.29.